The summed E-state index contributed by atoms with van der Waals surface area (Å²) in [6.07, 6.45) is 10.4. The Kier molecular flexibility index (Phi) is 7.22. The van der Waals surface area contributed by atoms with Crippen molar-refractivity contribution >= 4 is 11.6 Å². The Balaban J connectivity index is 2.22. The summed E-state index contributed by atoms with van der Waals surface area (Å²) in [5.74, 6) is 1.32. The molecule has 0 radical (unpaired) electrons. The third-order valence-corrected chi connectivity index (χ3v) is 4.28. The highest BCUT2D eigenvalue weighted by atomic mass is 16.1. The summed E-state index contributed by atoms with van der Waals surface area (Å²) in [6, 6.07) is 0. The van der Waals surface area contributed by atoms with Crippen molar-refractivity contribution in [1.82, 2.24) is 0 Å². The van der Waals surface area contributed by atoms with E-state index in [9.17, 15) is 9.59 Å². The largest absolute Gasteiger partial charge is 0.299 e. The molecule has 0 aromatic rings. The van der Waals surface area contributed by atoms with E-state index in [1.807, 2.05) is 6.92 Å². The summed E-state index contributed by atoms with van der Waals surface area (Å²) < 4.78 is 0. The van der Waals surface area contributed by atoms with Crippen LogP contribution >= 0.6 is 0 Å². The fourth-order valence-electron chi connectivity index (χ4n) is 2.92. The van der Waals surface area contributed by atoms with Crippen molar-refractivity contribution in [3.05, 3.63) is 0 Å². The van der Waals surface area contributed by atoms with Gasteiger partial charge in [0, 0.05) is 12.3 Å². The van der Waals surface area contributed by atoms with Crippen LogP contribution in [0.3, 0.4) is 0 Å². The van der Waals surface area contributed by atoms with E-state index in [0.717, 1.165) is 18.8 Å². The number of Topliss-reactive ketones (excluding diaryl/α,β-unsaturated/α-hetero) is 2. The zero-order valence-corrected chi connectivity index (χ0v) is 12.0. The number of ketones is 2. The summed E-state index contributed by atoms with van der Waals surface area (Å²) >= 11 is 0. The summed E-state index contributed by atoms with van der Waals surface area (Å²) in [5.41, 5.74) is 0. The van der Waals surface area contributed by atoms with E-state index in [0.29, 0.717) is 6.42 Å². The van der Waals surface area contributed by atoms with E-state index >= 15 is 0 Å². The number of hydrogen-bond acceptors (Lipinski definition) is 2. The van der Waals surface area contributed by atoms with E-state index < -0.39 is 0 Å². The van der Waals surface area contributed by atoms with Gasteiger partial charge in [-0.3, -0.25) is 9.59 Å². The molecule has 0 aromatic heterocycles. The number of carbonyl (C=O) groups excluding carboxylic acids is 2. The van der Waals surface area contributed by atoms with Crippen LogP contribution in [-0.4, -0.2) is 11.6 Å². The van der Waals surface area contributed by atoms with Gasteiger partial charge in [-0.2, -0.15) is 0 Å². The lowest BCUT2D eigenvalue weighted by molar-refractivity contribution is -0.130. The van der Waals surface area contributed by atoms with Crippen LogP contribution in [0.15, 0.2) is 0 Å². The Labute approximate surface area is 112 Å². The predicted octanol–water partition coefficient (Wildman–Crippen LogP) is 4.31. The SMILES string of the molecule is CCCCCC1CCC(C(=O)CC(=O)CC)CC1. The Morgan fingerprint density at radius 2 is 1.67 bits per heavy atom. The maximum absolute atomic E-state index is 11.9. The van der Waals surface area contributed by atoms with Crippen LogP contribution < -0.4 is 0 Å². The molecule has 0 bridgehead atoms. The van der Waals surface area contributed by atoms with Crippen LogP contribution in [0.4, 0.5) is 0 Å². The summed E-state index contributed by atoms with van der Waals surface area (Å²) in [7, 11) is 0. The Morgan fingerprint density at radius 1 is 1.00 bits per heavy atom. The van der Waals surface area contributed by atoms with Crippen LogP contribution in [0.1, 0.15) is 78.1 Å². The summed E-state index contributed by atoms with van der Waals surface area (Å²) in [6.45, 7) is 4.07. The smallest absolute Gasteiger partial charge is 0.143 e. The topological polar surface area (TPSA) is 34.1 Å². The standard InChI is InChI=1S/C16H28O2/c1-3-5-6-7-13-8-10-14(11-9-13)16(18)12-15(17)4-2/h13-14H,3-12H2,1-2H3. The van der Waals surface area contributed by atoms with Crippen LogP contribution in [0.25, 0.3) is 0 Å². The maximum Gasteiger partial charge on any atom is 0.143 e. The first kappa shape index (κ1) is 15.4. The Morgan fingerprint density at radius 3 is 2.22 bits per heavy atom. The first-order valence-corrected chi connectivity index (χ1v) is 7.71. The second kappa shape index (κ2) is 8.44. The van der Waals surface area contributed by atoms with E-state index in [4.69, 9.17) is 0 Å². The van der Waals surface area contributed by atoms with Gasteiger partial charge in [-0.25, -0.2) is 0 Å². The maximum atomic E-state index is 11.9. The lowest BCUT2D eigenvalue weighted by Gasteiger charge is -2.27. The molecule has 0 aromatic carbocycles. The molecule has 0 atom stereocenters. The van der Waals surface area contributed by atoms with Crippen LogP contribution in [-0.2, 0) is 9.59 Å². The molecule has 1 rings (SSSR count). The van der Waals surface area contributed by atoms with Crippen molar-refractivity contribution in [3.8, 4) is 0 Å². The molecule has 1 saturated carbocycles. The van der Waals surface area contributed by atoms with Crippen molar-refractivity contribution in [2.75, 3.05) is 0 Å². The first-order chi connectivity index (χ1) is 8.67. The van der Waals surface area contributed by atoms with E-state index in [2.05, 4.69) is 6.92 Å². The van der Waals surface area contributed by atoms with Crippen molar-refractivity contribution < 1.29 is 9.59 Å². The molecule has 2 nitrogen and oxygen atoms in total. The van der Waals surface area contributed by atoms with Gasteiger partial charge in [0.1, 0.15) is 11.6 Å². The number of unbranched alkanes of at least 4 members (excludes halogenated alkanes) is 2. The molecule has 0 aliphatic heterocycles. The van der Waals surface area contributed by atoms with Gasteiger partial charge < -0.3 is 0 Å². The van der Waals surface area contributed by atoms with Gasteiger partial charge in [0.05, 0.1) is 6.42 Å². The predicted molar refractivity (Wildman–Crippen MR) is 74.5 cm³/mol. The fourth-order valence-corrected chi connectivity index (χ4v) is 2.92. The van der Waals surface area contributed by atoms with Crippen LogP contribution in [0.5, 0.6) is 0 Å². The highest BCUT2D eigenvalue weighted by Crippen LogP contribution is 2.33. The van der Waals surface area contributed by atoms with Crippen molar-refractivity contribution in [2.24, 2.45) is 11.8 Å². The number of carbonyl (C=O) groups is 2. The average Bonchev–Trinajstić information content (AvgIpc) is 2.39. The third kappa shape index (κ3) is 5.32. The molecule has 1 aliphatic carbocycles. The van der Waals surface area contributed by atoms with Gasteiger partial charge in [-0.15, -0.1) is 0 Å². The van der Waals surface area contributed by atoms with Gasteiger partial charge in [0.25, 0.3) is 0 Å². The Bertz CT molecular complexity index is 262. The van der Waals surface area contributed by atoms with Crippen LogP contribution in [0.2, 0.25) is 0 Å². The van der Waals surface area contributed by atoms with Crippen molar-refractivity contribution in [2.45, 2.75) is 78.1 Å². The molecule has 0 saturated heterocycles. The molecule has 1 aliphatic rings. The first-order valence-electron chi connectivity index (χ1n) is 7.71. The summed E-state index contributed by atoms with van der Waals surface area (Å²) in [5, 5.41) is 0. The number of rotatable bonds is 8. The zero-order chi connectivity index (χ0) is 13.4. The lowest BCUT2D eigenvalue weighted by Crippen LogP contribution is -2.23. The minimum Gasteiger partial charge on any atom is -0.299 e. The normalized spacial score (nSPS) is 23.9. The van der Waals surface area contributed by atoms with Crippen LogP contribution in [0, 0.1) is 11.8 Å². The summed E-state index contributed by atoms with van der Waals surface area (Å²) in [4.78, 5) is 23.2. The average molecular weight is 252 g/mol. The van der Waals surface area contributed by atoms with Crippen molar-refractivity contribution in [1.29, 1.82) is 0 Å². The number of hydrogen-bond donors (Lipinski definition) is 0. The van der Waals surface area contributed by atoms with Crippen molar-refractivity contribution in [3.63, 3.8) is 0 Å². The van der Waals surface area contributed by atoms with Gasteiger partial charge in [-0.1, -0.05) is 39.5 Å². The minimum absolute atomic E-state index is 0.102. The van der Waals surface area contributed by atoms with Gasteiger partial charge in [-0.05, 0) is 31.6 Å². The molecule has 0 heterocycles. The molecule has 0 amide bonds. The second-order valence-electron chi connectivity index (χ2n) is 5.75. The highest BCUT2D eigenvalue weighted by molar-refractivity contribution is 5.99. The van der Waals surface area contributed by atoms with Gasteiger partial charge in [0.15, 0.2) is 0 Å². The minimum atomic E-state index is 0.102. The molecule has 104 valence electrons. The second-order valence-corrected chi connectivity index (χ2v) is 5.75. The molecule has 0 unspecified atom stereocenters. The van der Waals surface area contributed by atoms with E-state index in [1.165, 1.54) is 38.5 Å². The Hall–Kier alpha value is -0.660. The van der Waals surface area contributed by atoms with E-state index in [-0.39, 0.29) is 23.9 Å². The zero-order valence-electron chi connectivity index (χ0n) is 12.0. The highest BCUT2D eigenvalue weighted by Gasteiger charge is 2.26. The molecule has 1 fully saturated rings. The van der Waals surface area contributed by atoms with Gasteiger partial charge in [0.2, 0.25) is 0 Å². The molecular weight excluding hydrogens is 224 g/mol. The molecular formula is C16H28O2. The van der Waals surface area contributed by atoms with E-state index in [1.54, 1.807) is 0 Å². The third-order valence-electron chi connectivity index (χ3n) is 4.28. The quantitative estimate of drug-likeness (QED) is 0.476. The lowest BCUT2D eigenvalue weighted by atomic mass is 9.77. The molecule has 0 spiro atoms. The molecule has 0 N–H and O–H groups in total. The fraction of sp³-hybridized carbons (Fsp3) is 0.875. The molecule has 18 heavy (non-hydrogen) atoms. The van der Waals surface area contributed by atoms with Gasteiger partial charge >= 0.3 is 0 Å². The monoisotopic (exact) mass is 252 g/mol. The molecule has 2 heteroatoms.